The molecule has 1 aromatic heterocycles. The average molecular weight is 252 g/mol. The maximum atomic E-state index is 12.1. The van der Waals surface area contributed by atoms with Gasteiger partial charge in [0.05, 0.1) is 0 Å². The van der Waals surface area contributed by atoms with Gasteiger partial charge in [-0.2, -0.15) is 0 Å². The van der Waals surface area contributed by atoms with E-state index in [4.69, 9.17) is 0 Å². The Morgan fingerprint density at radius 2 is 1.72 bits per heavy atom. The largest absolute Gasteiger partial charge is 0.289 e. The van der Waals surface area contributed by atoms with Crippen LogP contribution in [0.25, 0.3) is 20.5 Å². The Balaban J connectivity index is 2.29. The summed E-state index contributed by atoms with van der Waals surface area (Å²) in [6.45, 7) is 2.01. The van der Waals surface area contributed by atoms with Gasteiger partial charge in [0, 0.05) is 21.0 Å². The van der Waals surface area contributed by atoms with E-state index in [1.807, 2.05) is 55.5 Å². The zero-order chi connectivity index (χ0) is 12.5. The van der Waals surface area contributed by atoms with Gasteiger partial charge < -0.3 is 0 Å². The van der Waals surface area contributed by atoms with Crippen LogP contribution in [0.4, 0.5) is 0 Å². The molecule has 1 heterocycles. The fourth-order valence-electron chi connectivity index (χ4n) is 2.01. The molecule has 0 saturated carbocycles. The highest BCUT2D eigenvalue weighted by Gasteiger charge is 2.04. The van der Waals surface area contributed by atoms with Crippen LogP contribution in [0.15, 0.2) is 59.4 Å². The Bertz CT molecular complexity index is 757. The highest BCUT2D eigenvalue weighted by Crippen LogP contribution is 2.28. The van der Waals surface area contributed by atoms with Crippen molar-refractivity contribution >= 4 is 21.4 Å². The van der Waals surface area contributed by atoms with Crippen molar-refractivity contribution in [3.8, 4) is 10.4 Å². The van der Waals surface area contributed by atoms with Crippen molar-refractivity contribution in [3.05, 3.63) is 70.4 Å². The first-order valence-corrected chi connectivity index (χ1v) is 6.65. The summed E-state index contributed by atoms with van der Waals surface area (Å²) in [6.07, 6.45) is 0. The summed E-state index contributed by atoms with van der Waals surface area (Å²) in [5.41, 5.74) is 2.33. The average Bonchev–Trinajstić information content (AvgIpc) is 2.40. The number of rotatable bonds is 1. The third kappa shape index (κ3) is 1.95. The highest BCUT2D eigenvalue weighted by molar-refractivity contribution is 7.21. The van der Waals surface area contributed by atoms with Gasteiger partial charge >= 0.3 is 0 Å². The van der Waals surface area contributed by atoms with E-state index in [2.05, 4.69) is 0 Å². The second-order valence-electron chi connectivity index (χ2n) is 4.34. The molecule has 0 amide bonds. The Kier molecular flexibility index (Phi) is 2.73. The van der Waals surface area contributed by atoms with Crippen LogP contribution in [0.3, 0.4) is 0 Å². The number of hydrogen-bond donors (Lipinski definition) is 0. The van der Waals surface area contributed by atoms with Crippen LogP contribution >= 0.6 is 11.3 Å². The molecule has 0 bridgehead atoms. The summed E-state index contributed by atoms with van der Waals surface area (Å²) < 4.78 is 1.05. The predicted octanol–water partition coefficient (Wildman–Crippen LogP) is 4.24. The number of hydrogen-bond acceptors (Lipinski definition) is 2. The first-order valence-electron chi connectivity index (χ1n) is 5.84. The van der Waals surface area contributed by atoms with Crippen molar-refractivity contribution in [2.24, 2.45) is 0 Å². The summed E-state index contributed by atoms with van der Waals surface area (Å²) in [5.74, 6) is 0. The quantitative estimate of drug-likeness (QED) is 0.633. The summed E-state index contributed by atoms with van der Waals surface area (Å²) in [4.78, 5) is 13.2. The molecule has 0 atom stereocenters. The minimum atomic E-state index is 0.103. The maximum absolute atomic E-state index is 12.1. The van der Waals surface area contributed by atoms with E-state index in [9.17, 15) is 4.79 Å². The molecule has 0 aliphatic carbocycles. The molecular weight excluding hydrogens is 240 g/mol. The van der Waals surface area contributed by atoms with E-state index in [1.165, 1.54) is 0 Å². The SMILES string of the molecule is Cc1ccc2sc(-c3ccccc3)cc(=O)c2c1. The van der Waals surface area contributed by atoms with Gasteiger partial charge in [-0.25, -0.2) is 0 Å². The minimum absolute atomic E-state index is 0.103. The van der Waals surface area contributed by atoms with Gasteiger partial charge in [0.2, 0.25) is 0 Å². The van der Waals surface area contributed by atoms with E-state index < -0.39 is 0 Å². The van der Waals surface area contributed by atoms with E-state index in [-0.39, 0.29) is 5.43 Å². The van der Waals surface area contributed by atoms with E-state index >= 15 is 0 Å². The smallest absolute Gasteiger partial charge is 0.188 e. The summed E-state index contributed by atoms with van der Waals surface area (Å²) >= 11 is 1.66. The lowest BCUT2D eigenvalue weighted by molar-refractivity contribution is 1.50. The lowest BCUT2D eigenvalue weighted by Crippen LogP contribution is -1.99. The molecule has 0 unspecified atom stereocenters. The zero-order valence-electron chi connectivity index (χ0n) is 10.0. The van der Waals surface area contributed by atoms with E-state index in [0.29, 0.717) is 0 Å². The summed E-state index contributed by atoms with van der Waals surface area (Å²) in [6, 6.07) is 17.8. The monoisotopic (exact) mass is 252 g/mol. The molecule has 18 heavy (non-hydrogen) atoms. The zero-order valence-corrected chi connectivity index (χ0v) is 10.8. The van der Waals surface area contributed by atoms with E-state index in [0.717, 1.165) is 26.1 Å². The van der Waals surface area contributed by atoms with Gasteiger partial charge in [0.25, 0.3) is 0 Å². The van der Waals surface area contributed by atoms with Crippen LogP contribution in [0.2, 0.25) is 0 Å². The van der Waals surface area contributed by atoms with Gasteiger partial charge in [0.15, 0.2) is 5.43 Å². The summed E-state index contributed by atoms with van der Waals surface area (Å²) in [7, 11) is 0. The predicted molar refractivity (Wildman–Crippen MR) is 78.3 cm³/mol. The topological polar surface area (TPSA) is 17.1 Å². The lowest BCUT2D eigenvalue weighted by Gasteiger charge is -2.03. The number of aryl methyl sites for hydroxylation is 1. The van der Waals surface area contributed by atoms with Crippen LogP contribution in [0, 0.1) is 6.92 Å². The van der Waals surface area contributed by atoms with Crippen molar-refractivity contribution in [2.75, 3.05) is 0 Å². The Labute approximate surface area is 109 Å². The van der Waals surface area contributed by atoms with Crippen LogP contribution in [0.5, 0.6) is 0 Å². The van der Waals surface area contributed by atoms with Gasteiger partial charge in [-0.15, -0.1) is 11.3 Å². The first kappa shape index (κ1) is 11.2. The van der Waals surface area contributed by atoms with E-state index in [1.54, 1.807) is 17.4 Å². The fourth-order valence-corrected chi connectivity index (χ4v) is 3.08. The molecule has 0 aliphatic heterocycles. The van der Waals surface area contributed by atoms with Gasteiger partial charge in [-0.3, -0.25) is 4.79 Å². The Hall–Kier alpha value is -1.93. The molecule has 0 spiro atoms. The molecule has 88 valence electrons. The third-order valence-corrected chi connectivity index (χ3v) is 4.09. The minimum Gasteiger partial charge on any atom is -0.289 e. The molecule has 0 fully saturated rings. The second kappa shape index (κ2) is 4.39. The lowest BCUT2D eigenvalue weighted by atomic mass is 10.1. The van der Waals surface area contributed by atoms with Crippen LogP contribution in [0.1, 0.15) is 5.56 Å². The third-order valence-electron chi connectivity index (χ3n) is 2.94. The molecule has 2 aromatic carbocycles. The number of benzene rings is 2. The number of fused-ring (bicyclic) bond motifs is 1. The standard InChI is InChI=1S/C16H12OS/c1-11-7-8-15-13(9-11)14(17)10-16(18-15)12-5-3-2-4-6-12/h2-10H,1H3. The van der Waals surface area contributed by atoms with Crippen molar-refractivity contribution in [3.63, 3.8) is 0 Å². The van der Waals surface area contributed by atoms with Gasteiger partial charge in [-0.1, -0.05) is 42.0 Å². The van der Waals surface area contributed by atoms with Gasteiger partial charge in [0.1, 0.15) is 0 Å². The normalized spacial score (nSPS) is 10.7. The molecule has 2 heteroatoms. The summed E-state index contributed by atoms with van der Waals surface area (Å²) in [5, 5.41) is 0.819. The van der Waals surface area contributed by atoms with Crippen LogP contribution in [-0.2, 0) is 0 Å². The molecule has 1 nitrogen and oxygen atoms in total. The molecule has 0 radical (unpaired) electrons. The van der Waals surface area contributed by atoms with Crippen LogP contribution < -0.4 is 5.43 Å². The fraction of sp³-hybridized carbons (Fsp3) is 0.0625. The van der Waals surface area contributed by atoms with Crippen molar-refractivity contribution in [2.45, 2.75) is 6.92 Å². The van der Waals surface area contributed by atoms with Crippen molar-refractivity contribution in [1.82, 2.24) is 0 Å². The molecule has 3 aromatic rings. The Morgan fingerprint density at radius 3 is 2.50 bits per heavy atom. The van der Waals surface area contributed by atoms with Gasteiger partial charge in [-0.05, 0) is 24.6 Å². The second-order valence-corrected chi connectivity index (χ2v) is 5.42. The Morgan fingerprint density at radius 1 is 0.944 bits per heavy atom. The van der Waals surface area contributed by atoms with Crippen LogP contribution in [-0.4, -0.2) is 0 Å². The molecule has 0 aliphatic rings. The molecule has 0 N–H and O–H groups in total. The maximum Gasteiger partial charge on any atom is 0.188 e. The van der Waals surface area contributed by atoms with Crippen molar-refractivity contribution in [1.29, 1.82) is 0 Å². The first-order chi connectivity index (χ1) is 8.74. The molecule has 0 saturated heterocycles. The highest BCUT2D eigenvalue weighted by atomic mass is 32.1. The molecule has 3 rings (SSSR count). The van der Waals surface area contributed by atoms with Crippen molar-refractivity contribution < 1.29 is 0 Å². The molecular formula is C16H12OS.